The second kappa shape index (κ2) is 11.2. The number of benzene rings is 2. The first kappa shape index (κ1) is 25.6. The van der Waals surface area contributed by atoms with E-state index in [0.29, 0.717) is 55.9 Å². The number of nitrogens with two attached hydrogens (primary N) is 2. The van der Waals surface area contributed by atoms with Gasteiger partial charge in [0.05, 0.1) is 13.2 Å². The molecule has 1 aromatic heterocycles. The monoisotopic (exact) mass is 515 g/mol. The number of carbonyl (C=O) groups is 2. The maximum absolute atomic E-state index is 13.5. The molecule has 1 unspecified atom stereocenters. The second-order valence-corrected chi connectivity index (χ2v) is 9.74. The molecule has 0 bridgehead atoms. The van der Waals surface area contributed by atoms with Crippen molar-refractivity contribution in [2.24, 2.45) is 11.5 Å². The maximum atomic E-state index is 13.5. The smallest absolute Gasteiger partial charge is 0.254 e. The van der Waals surface area contributed by atoms with Gasteiger partial charge in [-0.05, 0) is 48.6 Å². The van der Waals surface area contributed by atoms with Crippen LogP contribution in [0, 0.1) is 6.92 Å². The van der Waals surface area contributed by atoms with Gasteiger partial charge in [-0.2, -0.15) is 4.98 Å². The summed E-state index contributed by atoms with van der Waals surface area (Å²) in [5.41, 5.74) is 16.0. The molecule has 1 atom stereocenters. The number of ether oxygens (including phenoxy) is 1. The number of morpholine rings is 1. The van der Waals surface area contributed by atoms with Crippen molar-refractivity contribution in [3.8, 4) is 11.1 Å². The van der Waals surface area contributed by atoms with Crippen molar-refractivity contribution in [3.05, 3.63) is 65.4 Å². The first-order valence-corrected chi connectivity index (χ1v) is 12.9. The Hall–Kier alpha value is -4.02. The fraction of sp³-hybridized carbons (Fsp3) is 0.357. The molecule has 3 aromatic rings. The third kappa shape index (κ3) is 5.46. The van der Waals surface area contributed by atoms with E-state index in [1.165, 1.54) is 6.20 Å². The first-order chi connectivity index (χ1) is 18.4. The largest absolute Gasteiger partial charge is 0.378 e. The molecule has 3 heterocycles. The third-order valence-electron chi connectivity index (χ3n) is 7.07. The van der Waals surface area contributed by atoms with E-state index in [-0.39, 0.29) is 17.5 Å². The Balaban J connectivity index is 1.57. The molecular weight excluding hydrogens is 482 g/mol. The van der Waals surface area contributed by atoms with Gasteiger partial charge in [0.2, 0.25) is 5.95 Å². The van der Waals surface area contributed by atoms with E-state index in [0.717, 1.165) is 36.1 Å². The quantitative estimate of drug-likeness (QED) is 0.455. The van der Waals surface area contributed by atoms with Crippen molar-refractivity contribution in [1.82, 2.24) is 14.9 Å². The van der Waals surface area contributed by atoms with Crippen LogP contribution in [0.25, 0.3) is 11.1 Å². The molecule has 0 radical (unpaired) electrons. The Kier molecular flexibility index (Phi) is 7.52. The molecule has 2 fully saturated rings. The molecule has 2 saturated heterocycles. The molecule has 5 N–H and O–H groups in total. The summed E-state index contributed by atoms with van der Waals surface area (Å²) in [5.74, 6) is 0.0547. The SMILES string of the molecule is Cc1c(Nc2nc(N3CCCC(N)C3)ncc2C(N)=O)cc(C(=O)N2CCOCC2)cc1-c1ccccc1. The number of piperidine rings is 1. The van der Waals surface area contributed by atoms with E-state index in [1.807, 2.05) is 54.3 Å². The Bertz CT molecular complexity index is 1330. The number of primary amides is 1. The zero-order valence-electron chi connectivity index (χ0n) is 21.5. The van der Waals surface area contributed by atoms with Gasteiger partial charge in [0.1, 0.15) is 11.4 Å². The number of nitrogens with one attached hydrogen (secondary N) is 1. The van der Waals surface area contributed by atoms with Crippen LogP contribution in [-0.2, 0) is 4.74 Å². The summed E-state index contributed by atoms with van der Waals surface area (Å²) in [7, 11) is 0. The van der Waals surface area contributed by atoms with Gasteiger partial charge in [0.15, 0.2) is 0 Å². The summed E-state index contributed by atoms with van der Waals surface area (Å²) in [6.45, 7) is 5.49. The Labute approximate surface area is 222 Å². The maximum Gasteiger partial charge on any atom is 0.254 e. The lowest BCUT2D eigenvalue weighted by atomic mass is 9.95. The molecule has 2 amide bonds. The normalized spacial score (nSPS) is 17.8. The van der Waals surface area contributed by atoms with E-state index >= 15 is 0 Å². The van der Waals surface area contributed by atoms with Gasteiger partial charge < -0.3 is 31.3 Å². The average molecular weight is 516 g/mol. The van der Waals surface area contributed by atoms with Crippen LogP contribution in [0.1, 0.15) is 39.1 Å². The third-order valence-corrected chi connectivity index (χ3v) is 7.07. The Morgan fingerprint density at radius 2 is 1.87 bits per heavy atom. The minimum absolute atomic E-state index is 0.0399. The molecule has 0 aliphatic carbocycles. The fourth-order valence-corrected chi connectivity index (χ4v) is 4.95. The summed E-state index contributed by atoms with van der Waals surface area (Å²) >= 11 is 0. The second-order valence-electron chi connectivity index (χ2n) is 9.74. The van der Waals surface area contributed by atoms with Crippen molar-refractivity contribution in [1.29, 1.82) is 0 Å². The Morgan fingerprint density at radius 1 is 1.11 bits per heavy atom. The van der Waals surface area contributed by atoms with E-state index in [2.05, 4.69) is 10.3 Å². The highest BCUT2D eigenvalue weighted by Gasteiger charge is 2.24. The molecule has 2 aliphatic heterocycles. The lowest BCUT2D eigenvalue weighted by molar-refractivity contribution is 0.0303. The van der Waals surface area contributed by atoms with Crippen molar-refractivity contribution in [2.75, 3.05) is 49.6 Å². The number of aromatic nitrogens is 2. The number of carbonyl (C=O) groups excluding carboxylic acids is 2. The molecule has 2 aromatic carbocycles. The lowest BCUT2D eigenvalue weighted by Gasteiger charge is -2.31. The van der Waals surface area contributed by atoms with Crippen molar-refractivity contribution in [3.63, 3.8) is 0 Å². The topological polar surface area (TPSA) is 140 Å². The van der Waals surface area contributed by atoms with E-state index in [4.69, 9.17) is 21.2 Å². The van der Waals surface area contributed by atoms with Crippen LogP contribution in [0.3, 0.4) is 0 Å². The van der Waals surface area contributed by atoms with Crippen LogP contribution in [-0.4, -0.2) is 72.1 Å². The molecule has 10 nitrogen and oxygen atoms in total. The van der Waals surface area contributed by atoms with Crippen LogP contribution >= 0.6 is 0 Å². The summed E-state index contributed by atoms with van der Waals surface area (Å²) in [6, 6.07) is 13.7. The first-order valence-electron chi connectivity index (χ1n) is 12.9. The van der Waals surface area contributed by atoms with Crippen LogP contribution in [0.2, 0.25) is 0 Å². The number of amides is 2. The van der Waals surface area contributed by atoms with Crippen molar-refractivity contribution < 1.29 is 14.3 Å². The standard InChI is InChI=1S/C28H33N7O3/c1-18-22(19-6-3-2-4-7-19)14-20(27(37)34-10-12-38-13-11-34)15-24(18)32-26-23(25(30)36)16-31-28(33-26)35-9-5-8-21(29)17-35/h2-4,6-7,14-16,21H,5,8-13,17,29H2,1H3,(H2,30,36)(H,31,32,33). The minimum Gasteiger partial charge on any atom is -0.378 e. The van der Waals surface area contributed by atoms with Crippen molar-refractivity contribution >= 4 is 29.3 Å². The van der Waals surface area contributed by atoms with Gasteiger partial charge in [-0.15, -0.1) is 0 Å². The zero-order valence-corrected chi connectivity index (χ0v) is 21.5. The Morgan fingerprint density at radius 3 is 2.58 bits per heavy atom. The predicted octanol–water partition coefficient (Wildman–Crippen LogP) is 2.69. The summed E-state index contributed by atoms with van der Waals surface area (Å²) < 4.78 is 5.43. The molecule has 198 valence electrons. The van der Waals surface area contributed by atoms with E-state index in [1.54, 1.807) is 4.90 Å². The minimum atomic E-state index is -0.643. The van der Waals surface area contributed by atoms with Crippen LogP contribution in [0.5, 0.6) is 0 Å². The molecule has 38 heavy (non-hydrogen) atoms. The highest BCUT2D eigenvalue weighted by molar-refractivity contribution is 6.00. The van der Waals surface area contributed by atoms with Crippen LogP contribution < -0.4 is 21.7 Å². The average Bonchev–Trinajstić information content (AvgIpc) is 2.94. The highest BCUT2D eigenvalue weighted by Crippen LogP contribution is 2.33. The van der Waals surface area contributed by atoms with Gasteiger partial charge >= 0.3 is 0 Å². The zero-order chi connectivity index (χ0) is 26.6. The van der Waals surface area contributed by atoms with E-state index in [9.17, 15) is 9.59 Å². The summed E-state index contributed by atoms with van der Waals surface area (Å²) in [5, 5.41) is 3.32. The molecule has 0 saturated carbocycles. The number of nitrogens with zero attached hydrogens (tertiary/aromatic N) is 4. The molecule has 5 rings (SSSR count). The van der Waals surface area contributed by atoms with Gasteiger partial charge in [-0.3, -0.25) is 9.59 Å². The fourth-order valence-electron chi connectivity index (χ4n) is 4.95. The van der Waals surface area contributed by atoms with E-state index < -0.39 is 5.91 Å². The summed E-state index contributed by atoms with van der Waals surface area (Å²) in [6.07, 6.45) is 3.34. The molecule has 2 aliphatic rings. The molecule has 0 spiro atoms. The predicted molar refractivity (Wildman–Crippen MR) is 147 cm³/mol. The van der Waals surface area contributed by atoms with Gasteiger partial charge in [0, 0.05) is 49.7 Å². The van der Waals surface area contributed by atoms with Crippen LogP contribution in [0.15, 0.2) is 48.7 Å². The van der Waals surface area contributed by atoms with Crippen molar-refractivity contribution in [2.45, 2.75) is 25.8 Å². The van der Waals surface area contributed by atoms with Crippen LogP contribution in [0.4, 0.5) is 17.5 Å². The number of hydrogen-bond acceptors (Lipinski definition) is 8. The summed E-state index contributed by atoms with van der Waals surface area (Å²) in [4.78, 5) is 38.7. The number of anilines is 3. The van der Waals surface area contributed by atoms with Gasteiger partial charge in [0.25, 0.3) is 11.8 Å². The highest BCUT2D eigenvalue weighted by atomic mass is 16.5. The van der Waals surface area contributed by atoms with Gasteiger partial charge in [-0.1, -0.05) is 30.3 Å². The molecule has 10 heteroatoms. The van der Waals surface area contributed by atoms with Gasteiger partial charge in [-0.25, -0.2) is 4.98 Å². The number of hydrogen-bond donors (Lipinski definition) is 3. The lowest BCUT2D eigenvalue weighted by Crippen LogP contribution is -2.43. The number of rotatable bonds is 6. The molecular formula is C28H33N7O3.